The van der Waals surface area contributed by atoms with Gasteiger partial charge in [-0.3, -0.25) is 4.79 Å². The molecule has 1 saturated heterocycles. The Hall–Kier alpha value is -1.67. The molecule has 26 heavy (non-hydrogen) atoms. The number of piperazine rings is 1. The number of nitrogens with zero attached hydrogens (tertiary/aromatic N) is 4. The normalized spacial score (nSPS) is 14.7. The first-order valence-electron chi connectivity index (χ1n) is 7.97. The van der Waals surface area contributed by atoms with Gasteiger partial charge < -0.3 is 9.80 Å². The lowest BCUT2D eigenvalue weighted by Gasteiger charge is -2.35. The SMILES string of the molecule is O=C(c1cnc(-c2cccs2)s1)N1CCN(c2ncc(Cl)cc2Cl)CC1. The molecule has 3 aromatic heterocycles. The zero-order valence-corrected chi connectivity index (χ0v) is 16.7. The van der Waals surface area contributed by atoms with Crippen LogP contribution in [0.1, 0.15) is 9.67 Å². The Labute approximate surface area is 168 Å². The van der Waals surface area contributed by atoms with E-state index in [-0.39, 0.29) is 5.91 Å². The van der Waals surface area contributed by atoms with Crippen LogP contribution in [0.2, 0.25) is 10.0 Å². The number of anilines is 1. The van der Waals surface area contributed by atoms with Crippen molar-refractivity contribution >= 4 is 57.6 Å². The molecule has 4 rings (SSSR count). The van der Waals surface area contributed by atoms with E-state index >= 15 is 0 Å². The Kier molecular flexibility index (Phi) is 5.13. The third-order valence-corrected chi connectivity index (χ3v) is 6.61. The van der Waals surface area contributed by atoms with Gasteiger partial charge in [0.1, 0.15) is 15.7 Å². The molecule has 0 aromatic carbocycles. The summed E-state index contributed by atoms with van der Waals surface area (Å²) in [6.45, 7) is 2.59. The zero-order valence-electron chi connectivity index (χ0n) is 13.6. The first-order chi connectivity index (χ1) is 12.6. The smallest absolute Gasteiger partial charge is 0.265 e. The fourth-order valence-corrected chi connectivity index (χ4v) is 4.99. The van der Waals surface area contributed by atoms with Crippen LogP contribution in [0.4, 0.5) is 5.82 Å². The summed E-state index contributed by atoms with van der Waals surface area (Å²) < 4.78 is 0. The summed E-state index contributed by atoms with van der Waals surface area (Å²) in [6, 6.07) is 5.68. The molecule has 0 spiro atoms. The second kappa shape index (κ2) is 7.52. The molecule has 1 amide bonds. The largest absolute Gasteiger partial charge is 0.352 e. The Morgan fingerprint density at radius 2 is 1.92 bits per heavy atom. The molecule has 3 aromatic rings. The number of hydrogen-bond acceptors (Lipinski definition) is 6. The first kappa shape index (κ1) is 17.7. The van der Waals surface area contributed by atoms with Crippen LogP contribution in [-0.4, -0.2) is 47.0 Å². The Morgan fingerprint density at radius 3 is 2.62 bits per heavy atom. The highest BCUT2D eigenvalue weighted by atomic mass is 35.5. The molecular weight excluding hydrogens is 411 g/mol. The van der Waals surface area contributed by atoms with Crippen molar-refractivity contribution in [3.63, 3.8) is 0 Å². The highest BCUT2D eigenvalue weighted by molar-refractivity contribution is 7.21. The highest BCUT2D eigenvalue weighted by Crippen LogP contribution is 2.30. The van der Waals surface area contributed by atoms with Crippen LogP contribution < -0.4 is 4.90 Å². The van der Waals surface area contributed by atoms with Gasteiger partial charge in [-0.05, 0) is 17.5 Å². The molecule has 0 saturated carbocycles. The van der Waals surface area contributed by atoms with Crippen molar-refractivity contribution in [3.05, 3.63) is 50.9 Å². The number of rotatable bonds is 3. The van der Waals surface area contributed by atoms with E-state index in [0.717, 1.165) is 9.88 Å². The molecule has 0 atom stereocenters. The van der Waals surface area contributed by atoms with Gasteiger partial charge in [0.15, 0.2) is 0 Å². The van der Waals surface area contributed by atoms with Gasteiger partial charge in [0, 0.05) is 32.4 Å². The van der Waals surface area contributed by atoms with Gasteiger partial charge in [-0.2, -0.15) is 0 Å². The maximum Gasteiger partial charge on any atom is 0.265 e. The minimum Gasteiger partial charge on any atom is -0.352 e. The number of thiophene rings is 1. The lowest BCUT2D eigenvalue weighted by atomic mass is 10.3. The van der Waals surface area contributed by atoms with Crippen molar-refractivity contribution < 1.29 is 4.79 Å². The Balaban J connectivity index is 1.42. The molecule has 1 aliphatic rings. The highest BCUT2D eigenvalue weighted by Gasteiger charge is 2.25. The van der Waals surface area contributed by atoms with Gasteiger partial charge in [-0.15, -0.1) is 22.7 Å². The lowest BCUT2D eigenvalue weighted by Crippen LogP contribution is -2.49. The van der Waals surface area contributed by atoms with Crippen LogP contribution in [0.15, 0.2) is 36.0 Å². The number of carbonyl (C=O) groups is 1. The van der Waals surface area contributed by atoms with Gasteiger partial charge in [-0.25, -0.2) is 9.97 Å². The predicted molar refractivity (Wildman–Crippen MR) is 108 cm³/mol. The fraction of sp³-hybridized carbons (Fsp3) is 0.235. The van der Waals surface area contributed by atoms with Gasteiger partial charge in [0.25, 0.3) is 5.91 Å². The third-order valence-electron chi connectivity index (χ3n) is 4.10. The van der Waals surface area contributed by atoms with Crippen molar-refractivity contribution in [3.8, 4) is 9.88 Å². The molecule has 1 fully saturated rings. The lowest BCUT2D eigenvalue weighted by molar-refractivity contribution is 0.0751. The third kappa shape index (κ3) is 3.57. The summed E-state index contributed by atoms with van der Waals surface area (Å²) in [5.41, 5.74) is 0. The standard InChI is InChI=1S/C17H14Cl2N4OS2/c18-11-8-12(19)15(20-9-11)22-3-5-23(6-4-22)17(24)14-10-21-16(26-14)13-2-1-7-25-13/h1-2,7-10H,3-6H2. The molecule has 4 heterocycles. The molecule has 5 nitrogen and oxygen atoms in total. The van der Waals surface area contributed by atoms with Crippen molar-refractivity contribution in [1.29, 1.82) is 0 Å². The molecule has 0 bridgehead atoms. The van der Waals surface area contributed by atoms with Crippen LogP contribution >= 0.6 is 45.9 Å². The molecule has 0 radical (unpaired) electrons. The molecule has 9 heteroatoms. The first-order valence-corrected chi connectivity index (χ1v) is 10.4. The van der Waals surface area contributed by atoms with E-state index in [4.69, 9.17) is 23.2 Å². The van der Waals surface area contributed by atoms with Gasteiger partial charge >= 0.3 is 0 Å². The number of amides is 1. The number of carbonyl (C=O) groups excluding carboxylic acids is 1. The summed E-state index contributed by atoms with van der Waals surface area (Å²) >= 11 is 15.2. The molecular formula is C17H14Cl2N4OS2. The predicted octanol–water partition coefficient (Wildman–Crippen LogP) is 4.54. The summed E-state index contributed by atoms with van der Waals surface area (Å²) in [7, 11) is 0. The van der Waals surface area contributed by atoms with Gasteiger partial charge in [0.05, 0.1) is 21.1 Å². The summed E-state index contributed by atoms with van der Waals surface area (Å²) in [4.78, 5) is 27.1. The maximum absolute atomic E-state index is 12.8. The van der Waals surface area contributed by atoms with Gasteiger partial charge in [-0.1, -0.05) is 29.3 Å². The number of pyridine rings is 1. The van der Waals surface area contributed by atoms with E-state index in [0.29, 0.717) is 46.9 Å². The second-order valence-corrected chi connectivity index (χ2v) is 8.57. The Morgan fingerprint density at radius 1 is 1.12 bits per heavy atom. The van der Waals surface area contributed by atoms with Gasteiger partial charge in [0.2, 0.25) is 0 Å². The second-order valence-electron chi connectivity index (χ2n) is 5.75. The average molecular weight is 425 g/mol. The van der Waals surface area contributed by atoms with Crippen LogP contribution in [0.25, 0.3) is 9.88 Å². The molecule has 0 aliphatic carbocycles. The molecule has 1 aliphatic heterocycles. The van der Waals surface area contributed by atoms with Crippen LogP contribution in [0.5, 0.6) is 0 Å². The van der Waals surface area contributed by atoms with Crippen molar-refractivity contribution in [2.45, 2.75) is 0 Å². The summed E-state index contributed by atoms with van der Waals surface area (Å²) in [6.07, 6.45) is 3.26. The minimum absolute atomic E-state index is 0.0279. The minimum atomic E-state index is 0.0279. The van der Waals surface area contributed by atoms with Crippen LogP contribution in [0, 0.1) is 0 Å². The number of hydrogen-bond donors (Lipinski definition) is 0. The van der Waals surface area contributed by atoms with Crippen LogP contribution in [0.3, 0.4) is 0 Å². The Bertz CT molecular complexity index is 921. The average Bonchev–Trinajstić information content (AvgIpc) is 3.33. The van der Waals surface area contributed by atoms with Crippen LogP contribution in [-0.2, 0) is 0 Å². The quantitative estimate of drug-likeness (QED) is 0.619. The van der Waals surface area contributed by atoms with E-state index in [9.17, 15) is 4.79 Å². The van der Waals surface area contributed by atoms with Crippen molar-refractivity contribution in [2.75, 3.05) is 31.1 Å². The van der Waals surface area contributed by atoms with E-state index in [1.54, 1.807) is 29.8 Å². The monoisotopic (exact) mass is 424 g/mol. The van der Waals surface area contributed by atoms with E-state index < -0.39 is 0 Å². The van der Waals surface area contributed by atoms with E-state index in [1.807, 2.05) is 22.4 Å². The topological polar surface area (TPSA) is 49.3 Å². The fourth-order valence-electron chi connectivity index (χ4n) is 2.80. The zero-order chi connectivity index (χ0) is 18.1. The number of thiazole rings is 1. The molecule has 0 unspecified atom stereocenters. The van der Waals surface area contributed by atoms with E-state index in [1.165, 1.54) is 11.3 Å². The maximum atomic E-state index is 12.8. The number of aromatic nitrogens is 2. The van der Waals surface area contributed by atoms with E-state index in [2.05, 4.69) is 14.9 Å². The summed E-state index contributed by atoms with van der Waals surface area (Å²) in [5, 5.41) is 3.94. The number of halogens is 2. The summed E-state index contributed by atoms with van der Waals surface area (Å²) in [5.74, 6) is 0.737. The van der Waals surface area contributed by atoms with Crippen molar-refractivity contribution in [2.24, 2.45) is 0 Å². The molecule has 0 N–H and O–H groups in total. The van der Waals surface area contributed by atoms with Crippen molar-refractivity contribution in [1.82, 2.24) is 14.9 Å². The molecule has 134 valence electrons.